The molecule has 0 unspecified atom stereocenters. The predicted octanol–water partition coefficient (Wildman–Crippen LogP) is 3.26. The summed E-state index contributed by atoms with van der Waals surface area (Å²) in [7, 11) is 1.92. The molecule has 1 saturated heterocycles. The Morgan fingerprint density at radius 2 is 1.96 bits per heavy atom. The van der Waals surface area contributed by atoms with Gasteiger partial charge in [0.2, 0.25) is 5.13 Å². The Balaban J connectivity index is 1.33. The van der Waals surface area contributed by atoms with Crippen LogP contribution >= 0.6 is 11.3 Å². The number of aromatic nitrogens is 4. The van der Waals surface area contributed by atoms with Crippen LogP contribution in [0.1, 0.15) is 49.2 Å². The van der Waals surface area contributed by atoms with Crippen LogP contribution in [0.25, 0.3) is 0 Å². The molecule has 3 heterocycles. The maximum absolute atomic E-state index is 14.4. The van der Waals surface area contributed by atoms with Gasteiger partial charge in [-0.25, -0.2) is 14.4 Å². The van der Waals surface area contributed by atoms with Gasteiger partial charge in [-0.1, -0.05) is 18.3 Å². The van der Waals surface area contributed by atoms with E-state index in [2.05, 4.69) is 25.1 Å². The number of aryl methyl sites for hydroxylation is 1. The zero-order chi connectivity index (χ0) is 18.1. The van der Waals surface area contributed by atoms with Gasteiger partial charge in [0.05, 0.1) is 5.69 Å². The van der Waals surface area contributed by atoms with Crippen LogP contribution in [-0.4, -0.2) is 46.8 Å². The lowest BCUT2D eigenvalue weighted by molar-refractivity contribution is 0.405. The van der Waals surface area contributed by atoms with Gasteiger partial charge in [0.15, 0.2) is 11.6 Å². The standard InChI is InChI=1S/C18H25FN6S/c1-3-14-15(19)16(21-11-20-14)24(2)10-12-6-8-25(9-7-12)18-23-22-17(26-18)13-4-5-13/h11-13H,3-10H2,1-2H3. The summed E-state index contributed by atoms with van der Waals surface area (Å²) < 4.78 is 14.4. The van der Waals surface area contributed by atoms with Crippen molar-refractivity contribution in [3.63, 3.8) is 0 Å². The normalized spacial score (nSPS) is 18.3. The average molecular weight is 377 g/mol. The molecule has 2 aromatic rings. The molecule has 0 aromatic carbocycles. The third-order valence-electron chi connectivity index (χ3n) is 5.31. The minimum atomic E-state index is -0.281. The molecule has 0 atom stereocenters. The molecule has 0 N–H and O–H groups in total. The van der Waals surface area contributed by atoms with Gasteiger partial charge in [-0.2, -0.15) is 0 Å². The predicted molar refractivity (Wildman–Crippen MR) is 101 cm³/mol. The molecule has 2 aromatic heterocycles. The summed E-state index contributed by atoms with van der Waals surface area (Å²) in [5.74, 6) is 1.34. The van der Waals surface area contributed by atoms with E-state index in [9.17, 15) is 4.39 Å². The van der Waals surface area contributed by atoms with Crippen molar-refractivity contribution in [3.8, 4) is 0 Å². The van der Waals surface area contributed by atoms with Crippen LogP contribution in [0.4, 0.5) is 15.3 Å². The van der Waals surface area contributed by atoms with Gasteiger partial charge < -0.3 is 9.80 Å². The van der Waals surface area contributed by atoms with E-state index < -0.39 is 0 Å². The third kappa shape index (κ3) is 3.65. The van der Waals surface area contributed by atoms with Crippen LogP contribution in [0.5, 0.6) is 0 Å². The first-order chi connectivity index (χ1) is 12.7. The second kappa shape index (κ2) is 7.42. The molecule has 0 spiro atoms. The highest BCUT2D eigenvalue weighted by atomic mass is 32.1. The molecule has 2 fully saturated rings. The molecular formula is C18H25FN6S. The summed E-state index contributed by atoms with van der Waals surface area (Å²) in [6, 6.07) is 0. The van der Waals surface area contributed by atoms with Crippen molar-refractivity contribution in [1.82, 2.24) is 20.2 Å². The smallest absolute Gasteiger partial charge is 0.208 e. The van der Waals surface area contributed by atoms with Crippen LogP contribution in [0.2, 0.25) is 0 Å². The zero-order valence-corrected chi connectivity index (χ0v) is 16.2. The number of anilines is 2. The molecule has 0 amide bonds. The Hall–Kier alpha value is -1.83. The van der Waals surface area contributed by atoms with Crippen LogP contribution in [0.15, 0.2) is 6.33 Å². The summed E-state index contributed by atoms with van der Waals surface area (Å²) in [6.07, 6.45) is 6.73. The second-order valence-corrected chi connectivity index (χ2v) is 8.31. The summed E-state index contributed by atoms with van der Waals surface area (Å²) in [6.45, 7) is 4.70. The molecule has 1 aliphatic carbocycles. The fourth-order valence-corrected chi connectivity index (χ4v) is 4.60. The number of piperidine rings is 1. The van der Waals surface area contributed by atoms with Crippen molar-refractivity contribution in [2.24, 2.45) is 5.92 Å². The minimum absolute atomic E-state index is 0.281. The van der Waals surface area contributed by atoms with Crippen molar-refractivity contribution in [3.05, 3.63) is 22.8 Å². The maximum Gasteiger partial charge on any atom is 0.208 e. The molecule has 8 heteroatoms. The number of nitrogens with zero attached hydrogens (tertiary/aromatic N) is 6. The highest BCUT2D eigenvalue weighted by Gasteiger charge is 2.29. The minimum Gasteiger partial charge on any atom is -0.357 e. The third-order valence-corrected chi connectivity index (χ3v) is 6.46. The van der Waals surface area contributed by atoms with Crippen LogP contribution < -0.4 is 9.80 Å². The SMILES string of the molecule is CCc1ncnc(N(C)CC2CCN(c3nnc(C4CC4)s3)CC2)c1F. The maximum atomic E-state index is 14.4. The van der Waals surface area contributed by atoms with E-state index in [-0.39, 0.29) is 5.82 Å². The fraction of sp³-hybridized carbons (Fsp3) is 0.667. The van der Waals surface area contributed by atoms with E-state index in [4.69, 9.17) is 0 Å². The number of halogens is 1. The van der Waals surface area contributed by atoms with E-state index >= 15 is 0 Å². The van der Waals surface area contributed by atoms with Gasteiger partial charge in [-0.3, -0.25) is 0 Å². The number of hydrogen-bond acceptors (Lipinski definition) is 7. The molecule has 0 radical (unpaired) electrons. The Kier molecular flexibility index (Phi) is 5.02. The summed E-state index contributed by atoms with van der Waals surface area (Å²) in [4.78, 5) is 12.5. The lowest BCUT2D eigenvalue weighted by Gasteiger charge is -2.33. The summed E-state index contributed by atoms with van der Waals surface area (Å²) in [5, 5.41) is 11.0. The quantitative estimate of drug-likeness (QED) is 0.771. The molecule has 4 rings (SSSR count). The number of rotatable bonds is 6. The lowest BCUT2D eigenvalue weighted by Crippen LogP contribution is -2.38. The largest absolute Gasteiger partial charge is 0.357 e. The van der Waals surface area contributed by atoms with Crippen molar-refractivity contribution in [2.45, 2.75) is 44.9 Å². The molecular weight excluding hydrogens is 351 g/mol. The molecule has 1 aliphatic heterocycles. The fourth-order valence-electron chi connectivity index (χ4n) is 3.54. The van der Waals surface area contributed by atoms with Crippen molar-refractivity contribution >= 4 is 22.3 Å². The van der Waals surface area contributed by atoms with Gasteiger partial charge in [-0.15, -0.1) is 10.2 Å². The molecule has 1 saturated carbocycles. The van der Waals surface area contributed by atoms with E-state index in [1.165, 1.54) is 24.2 Å². The molecule has 0 bridgehead atoms. The monoisotopic (exact) mass is 376 g/mol. The summed E-state index contributed by atoms with van der Waals surface area (Å²) in [5.41, 5.74) is 0.486. The van der Waals surface area contributed by atoms with Crippen molar-refractivity contribution in [1.29, 1.82) is 0 Å². The van der Waals surface area contributed by atoms with E-state index in [1.807, 2.05) is 18.9 Å². The molecule has 26 heavy (non-hydrogen) atoms. The van der Waals surface area contributed by atoms with Crippen molar-refractivity contribution in [2.75, 3.05) is 36.5 Å². The Morgan fingerprint density at radius 1 is 1.19 bits per heavy atom. The van der Waals surface area contributed by atoms with Gasteiger partial charge in [-0.05, 0) is 38.0 Å². The Labute approximate surface area is 157 Å². The molecule has 140 valence electrons. The second-order valence-electron chi connectivity index (χ2n) is 7.32. The van der Waals surface area contributed by atoms with E-state index in [0.717, 1.165) is 37.6 Å². The zero-order valence-electron chi connectivity index (χ0n) is 15.4. The highest BCUT2D eigenvalue weighted by molar-refractivity contribution is 7.15. The van der Waals surface area contributed by atoms with Crippen molar-refractivity contribution < 1.29 is 4.39 Å². The Morgan fingerprint density at radius 3 is 2.65 bits per heavy atom. The van der Waals surface area contributed by atoms with E-state index in [0.29, 0.717) is 29.8 Å². The topological polar surface area (TPSA) is 58.0 Å². The van der Waals surface area contributed by atoms with E-state index in [1.54, 1.807) is 11.3 Å². The van der Waals surface area contributed by atoms with Crippen LogP contribution in [-0.2, 0) is 6.42 Å². The lowest BCUT2D eigenvalue weighted by atomic mass is 9.96. The first-order valence-corrected chi connectivity index (χ1v) is 10.3. The van der Waals surface area contributed by atoms with Crippen LogP contribution in [0, 0.1) is 11.7 Å². The molecule has 2 aliphatic rings. The van der Waals surface area contributed by atoms with Crippen LogP contribution in [0.3, 0.4) is 0 Å². The highest BCUT2D eigenvalue weighted by Crippen LogP contribution is 2.42. The number of hydrogen-bond donors (Lipinski definition) is 0. The van der Waals surface area contributed by atoms with Gasteiger partial charge in [0.1, 0.15) is 11.3 Å². The Bertz CT molecular complexity index is 754. The molecule has 6 nitrogen and oxygen atoms in total. The van der Waals surface area contributed by atoms with Gasteiger partial charge >= 0.3 is 0 Å². The first kappa shape index (κ1) is 17.6. The summed E-state index contributed by atoms with van der Waals surface area (Å²) >= 11 is 1.75. The average Bonchev–Trinajstić information content (AvgIpc) is 3.39. The van der Waals surface area contributed by atoms with Gasteiger partial charge in [0.25, 0.3) is 0 Å². The van der Waals surface area contributed by atoms with Gasteiger partial charge in [0, 0.05) is 32.6 Å². The first-order valence-electron chi connectivity index (χ1n) is 9.44.